The van der Waals surface area contributed by atoms with Gasteiger partial charge in [-0.15, -0.1) is 0 Å². The van der Waals surface area contributed by atoms with Gasteiger partial charge in [0.25, 0.3) is 5.91 Å². The zero-order chi connectivity index (χ0) is 16.6. The van der Waals surface area contributed by atoms with Crippen LogP contribution in [0.3, 0.4) is 0 Å². The van der Waals surface area contributed by atoms with E-state index in [0.29, 0.717) is 17.7 Å². The summed E-state index contributed by atoms with van der Waals surface area (Å²) in [4.78, 5) is 17.7. The van der Waals surface area contributed by atoms with Crippen molar-refractivity contribution in [2.75, 3.05) is 19.7 Å². The van der Waals surface area contributed by atoms with Crippen molar-refractivity contribution in [2.24, 2.45) is 0 Å². The molecule has 1 aromatic heterocycles. The summed E-state index contributed by atoms with van der Waals surface area (Å²) in [6.45, 7) is 2.02. The molecule has 1 aliphatic heterocycles. The maximum absolute atomic E-state index is 13.8. The van der Waals surface area contributed by atoms with E-state index in [0.717, 1.165) is 6.07 Å². The van der Waals surface area contributed by atoms with Gasteiger partial charge in [-0.1, -0.05) is 0 Å². The van der Waals surface area contributed by atoms with Crippen LogP contribution in [0.5, 0.6) is 0 Å². The van der Waals surface area contributed by atoms with Crippen LogP contribution in [0.25, 0.3) is 0 Å². The van der Waals surface area contributed by atoms with Crippen LogP contribution in [-0.2, 0) is 4.74 Å². The lowest BCUT2D eigenvalue weighted by atomic mass is 10.1. The number of aryl methyl sites for hydroxylation is 1. The number of carbonyl (C=O) groups is 1. The van der Waals surface area contributed by atoms with Crippen LogP contribution in [-0.4, -0.2) is 45.7 Å². The van der Waals surface area contributed by atoms with Gasteiger partial charge in [0, 0.05) is 6.54 Å². The van der Waals surface area contributed by atoms with Gasteiger partial charge in [0.15, 0.2) is 17.5 Å². The summed E-state index contributed by atoms with van der Waals surface area (Å²) in [6, 6.07) is 1.36. The second-order valence-electron chi connectivity index (χ2n) is 5.11. The molecule has 1 unspecified atom stereocenters. The van der Waals surface area contributed by atoms with Gasteiger partial charge in [0.1, 0.15) is 23.3 Å². The molecule has 6 nitrogen and oxygen atoms in total. The highest BCUT2D eigenvalue weighted by Crippen LogP contribution is 2.23. The summed E-state index contributed by atoms with van der Waals surface area (Å²) in [7, 11) is 0. The Balaban J connectivity index is 1.84. The average Bonchev–Trinajstić information content (AvgIpc) is 2.98. The normalized spacial score (nSPS) is 18.3. The number of hydrogen-bond acceptors (Lipinski definition) is 4. The van der Waals surface area contributed by atoms with E-state index in [2.05, 4.69) is 15.2 Å². The summed E-state index contributed by atoms with van der Waals surface area (Å²) in [6.07, 6.45) is -0.614. The summed E-state index contributed by atoms with van der Waals surface area (Å²) in [5.74, 6) is -3.88. The first-order valence-corrected chi connectivity index (χ1v) is 6.90. The first-order chi connectivity index (χ1) is 11.0. The third-order valence-electron chi connectivity index (χ3n) is 3.51. The Labute approximate surface area is 129 Å². The fourth-order valence-electron chi connectivity index (χ4n) is 2.38. The van der Waals surface area contributed by atoms with Gasteiger partial charge in [-0.25, -0.2) is 18.2 Å². The van der Waals surface area contributed by atoms with Crippen LogP contribution in [0.4, 0.5) is 13.2 Å². The number of nitrogens with one attached hydrogen (secondary N) is 1. The zero-order valence-corrected chi connectivity index (χ0v) is 12.1. The van der Waals surface area contributed by atoms with Gasteiger partial charge in [0.2, 0.25) is 0 Å². The number of morpholine rings is 1. The van der Waals surface area contributed by atoms with Crippen molar-refractivity contribution in [3.05, 3.63) is 46.8 Å². The number of halogens is 3. The first kappa shape index (κ1) is 15.5. The van der Waals surface area contributed by atoms with Gasteiger partial charge in [-0.05, 0) is 19.1 Å². The van der Waals surface area contributed by atoms with E-state index in [1.165, 1.54) is 4.90 Å². The van der Waals surface area contributed by atoms with Gasteiger partial charge < -0.3 is 9.64 Å². The van der Waals surface area contributed by atoms with Crippen molar-refractivity contribution in [1.82, 2.24) is 20.1 Å². The molecule has 1 saturated heterocycles. The fourth-order valence-corrected chi connectivity index (χ4v) is 2.38. The van der Waals surface area contributed by atoms with E-state index >= 15 is 0 Å². The van der Waals surface area contributed by atoms with Crippen LogP contribution >= 0.6 is 0 Å². The van der Waals surface area contributed by atoms with E-state index in [4.69, 9.17) is 4.74 Å². The second kappa shape index (κ2) is 5.99. The SMILES string of the molecule is Cc1nc(C2CN(C(=O)c3c(F)ccc(F)c3F)CCO2)n[nH]1. The van der Waals surface area contributed by atoms with E-state index in [9.17, 15) is 18.0 Å². The number of nitrogens with zero attached hydrogens (tertiary/aromatic N) is 3. The van der Waals surface area contributed by atoms with Crippen molar-refractivity contribution in [1.29, 1.82) is 0 Å². The minimum atomic E-state index is -1.49. The number of H-pyrrole nitrogens is 1. The van der Waals surface area contributed by atoms with Crippen LogP contribution in [0, 0.1) is 24.4 Å². The van der Waals surface area contributed by atoms with Crippen LogP contribution in [0.1, 0.15) is 28.1 Å². The van der Waals surface area contributed by atoms with Crippen molar-refractivity contribution in [2.45, 2.75) is 13.0 Å². The molecule has 1 amide bonds. The van der Waals surface area contributed by atoms with Gasteiger partial charge in [0.05, 0.1) is 13.2 Å². The first-order valence-electron chi connectivity index (χ1n) is 6.90. The zero-order valence-electron chi connectivity index (χ0n) is 12.1. The monoisotopic (exact) mass is 326 g/mol. The molecule has 1 atom stereocenters. The number of hydrogen-bond donors (Lipinski definition) is 1. The molecule has 122 valence electrons. The predicted octanol–water partition coefficient (Wildman–Crippen LogP) is 1.74. The number of amides is 1. The van der Waals surface area contributed by atoms with Gasteiger partial charge in [-0.2, -0.15) is 5.10 Å². The Hall–Kier alpha value is -2.42. The molecule has 9 heteroatoms. The standard InChI is InChI=1S/C14H13F3N4O2/c1-7-18-13(20-19-7)10-6-21(4-5-23-10)14(22)11-8(15)2-3-9(16)12(11)17/h2-3,10H,4-6H2,1H3,(H,18,19,20). The fraction of sp³-hybridized carbons (Fsp3) is 0.357. The molecule has 2 aromatic rings. The van der Waals surface area contributed by atoms with Crippen molar-refractivity contribution < 1.29 is 22.7 Å². The van der Waals surface area contributed by atoms with E-state index in [-0.39, 0.29) is 19.7 Å². The Bertz CT molecular complexity index is 750. The predicted molar refractivity (Wildman–Crippen MR) is 72.0 cm³/mol. The summed E-state index contributed by atoms with van der Waals surface area (Å²) >= 11 is 0. The Morgan fingerprint density at radius 1 is 1.35 bits per heavy atom. The molecule has 0 spiro atoms. The van der Waals surface area contributed by atoms with Crippen molar-refractivity contribution >= 4 is 5.91 Å². The Kier molecular flexibility index (Phi) is 4.03. The maximum Gasteiger partial charge on any atom is 0.260 e. The molecule has 0 aliphatic carbocycles. The maximum atomic E-state index is 13.8. The van der Waals surface area contributed by atoms with Crippen LogP contribution < -0.4 is 0 Å². The topological polar surface area (TPSA) is 71.1 Å². The largest absolute Gasteiger partial charge is 0.366 e. The van der Waals surface area contributed by atoms with Crippen molar-refractivity contribution in [3.63, 3.8) is 0 Å². The molecule has 0 saturated carbocycles. The molecule has 2 heterocycles. The molecule has 1 N–H and O–H groups in total. The summed E-state index contributed by atoms with van der Waals surface area (Å²) < 4.78 is 46.3. The second-order valence-corrected chi connectivity index (χ2v) is 5.11. The van der Waals surface area contributed by atoms with Gasteiger partial charge in [-0.3, -0.25) is 9.89 Å². The van der Waals surface area contributed by atoms with Gasteiger partial charge >= 0.3 is 0 Å². The van der Waals surface area contributed by atoms with E-state index < -0.39 is 35.0 Å². The van der Waals surface area contributed by atoms with E-state index in [1.807, 2.05) is 0 Å². The number of aromatic amines is 1. The molecule has 23 heavy (non-hydrogen) atoms. The Morgan fingerprint density at radius 2 is 2.09 bits per heavy atom. The molecule has 1 aliphatic rings. The molecule has 1 aromatic carbocycles. The summed E-state index contributed by atoms with van der Waals surface area (Å²) in [5.41, 5.74) is -0.906. The lowest BCUT2D eigenvalue weighted by Gasteiger charge is -2.31. The summed E-state index contributed by atoms with van der Waals surface area (Å²) in [5, 5.41) is 6.60. The Morgan fingerprint density at radius 3 is 2.78 bits per heavy atom. The highest BCUT2D eigenvalue weighted by Gasteiger charge is 2.31. The van der Waals surface area contributed by atoms with Crippen LogP contribution in [0.2, 0.25) is 0 Å². The molecule has 3 rings (SSSR count). The number of rotatable bonds is 2. The number of benzene rings is 1. The average molecular weight is 326 g/mol. The van der Waals surface area contributed by atoms with E-state index in [1.54, 1.807) is 6.92 Å². The quantitative estimate of drug-likeness (QED) is 0.854. The third-order valence-corrected chi connectivity index (χ3v) is 3.51. The molecule has 0 bridgehead atoms. The smallest absolute Gasteiger partial charge is 0.260 e. The number of carbonyl (C=O) groups excluding carboxylic acids is 1. The minimum absolute atomic E-state index is 0.0194. The minimum Gasteiger partial charge on any atom is -0.366 e. The molecule has 1 fully saturated rings. The van der Waals surface area contributed by atoms with Crippen molar-refractivity contribution in [3.8, 4) is 0 Å². The van der Waals surface area contributed by atoms with Crippen LogP contribution in [0.15, 0.2) is 12.1 Å². The number of aromatic nitrogens is 3. The molecular formula is C14H13F3N4O2. The lowest BCUT2D eigenvalue weighted by molar-refractivity contribution is -0.0269. The molecule has 0 radical (unpaired) electrons. The lowest BCUT2D eigenvalue weighted by Crippen LogP contribution is -2.43. The number of ether oxygens (including phenoxy) is 1. The molecular weight excluding hydrogens is 313 g/mol. The third kappa shape index (κ3) is 2.91. The highest BCUT2D eigenvalue weighted by atomic mass is 19.2. The highest BCUT2D eigenvalue weighted by molar-refractivity contribution is 5.94.